The number of sulfonamides is 1. The molecule has 1 amide bonds. The number of benzene rings is 2. The Kier molecular flexibility index (Phi) is 7.00. The van der Waals surface area contributed by atoms with Crippen molar-refractivity contribution in [2.75, 3.05) is 18.4 Å². The Morgan fingerprint density at radius 2 is 1.70 bits per heavy atom. The molecule has 1 aliphatic heterocycles. The highest BCUT2D eigenvalue weighted by molar-refractivity contribution is 7.89. The van der Waals surface area contributed by atoms with E-state index >= 15 is 0 Å². The predicted octanol–water partition coefficient (Wildman–Crippen LogP) is 3.60. The average Bonchev–Trinajstić information content (AvgIpc) is 2.84. The third-order valence-corrected chi connectivity index (χ3v) is 7.47. The molecule has 2 aromatic carbocycles. The molecule has 3 aromatic rings. The Balaban J connectivity index is 1.31. The number of aromatic nitrogens is 2. The van der Waals surface area contributed by atoms with Gasteiger partial charge in [-0.2, -0.15) is 4.31 Å². The first-order valence-electron chi connectivity index (χ1n) is 10.9. The minimum absolute atomic E-state index is 0.130. The van der Waals surface area contributed by atoms with Gasteiger partial charge < -0.3 is 10.4 Å². The molecule has 1 fully saturated rings. The van der Waals surface area contributed by atoms with E-state index < -0.39 is 10.0 Å². The highest BCUT2D eigenvalue weighted by atomic mass is 32.2. The minimum Gasteiger partial charge on any atom is -0.508 e. The third-order valence-electron chi connectivity index (χ3n) is 5.56. The molecule has 0 radical (unpaired) electrons. The number of hydrogen-bond donors (Lipinski definition) is 2. The van der Waals surface area contributed by atoms with Crippen LogP contribution in [0.2, 0.25) is 0 Å². The fourth-order valence-corrected chi connectivity index (χ4v) is 5.27. The van der Waals surface area contributed by atoms with Gasteiger partial charge in [0.2, 0.25) is 15.9 Å². The van der Waals surface area contributed by atoms with Crippen molar-refractivity contribution >= 4 is 21.6 Å². The van der Waals surface area contributed by atoms with Gasteiger partial charge in [-0.15, -0.1) is 0 Å². The third kappa shape index (κ3) is 5.74. The van der Waals surface area contributed by atoms with Crippen molar-refractivity contribution in [1.29, 1.82) is 0 Å². The van der Waals surface area contributed by atoms with Crippen LogP contribution in [0.4, 0.5) is 5.69 Å². The molecule has 172 valence electrons. The summed E-state index contributed by atoms with van der Waals surface area (Å²) in [5, 5.41) is 12.3. The van der Waals surface area contributed by atoms with Crippen LogP contribution in [0.25, 0.3) is 11.4 Å². The molecule has 0 spiro atoms. The van der Waals surface area contributed by atoms with Crippen LogP contribution in [0.15, 0.2) is 65.8 Å². The number of anilines is 1. The lowest BCUT2D eigenvalue weighted by Crippen LogP contribution is -2.35. The number of carbonyl (C=O) groups excluding carboxylic acids is 1. The Labute approximate surface area is 193 Å². The van der Waals surface area contributed by atoms with Crippen LogP contribution in [-0.2, 0) is 21.2 Å². The maximum absolute atomic E-state index is 12.7. The van der Waals surface area contributed by atoms with E-state index in [2.05, 4.69) is 15.3 Å². The minimum atomic E-state index is -3.45. The first-order chi connectivity index (χ1) is 15.9. The molecule has 1 saturated heterocycles. The number of aromatic hydroxyl groups is 1. The van der Waals surface area contributed by atoms with Gasteiger partial charge in [-0.25, -0.2) is 18.4 Å². The molecule has 9 heteroatoms. The quantitative estimate of drug-likeness (QED) is 0.550. The lowest BCUT2D eigenvalue weighted by Gasteiger charge is -2.25. The monoisotopic (exact) mass is 466 g/mol. The second-order valence-corrected chi connectivity index (χ2v) is 9.94. The van der Waals surface area contributed by atoms with Crippen molar-refractivity contribution in [3.05, 3.63) is 66.5 Å². The molecule has 1 aliphatic rings. The van der Waals surface area contributed by atoms with E-state index in [1.165, 1.54) is 12.4 Å². The summed E-state index contributed by atoms with van der Waals surface area (Å²) in [4.78, 5) is 21.1. The van der Waals surface area contributed by atoms with Gasteiger partial charge in [-0.1, -0.05) is 30.7 Å². The molecule has 0 aliphatic carbocycles. The number of aryl methyl sites for hydroxylation is 1. The van der Waals surface area contributed by atoms with E-state index in [0.717, 1.165) is 24.8 Å². The van der Waals surface area contributed by atoms with Crippen molar-refractivity contribution in [2.45, 2.75) is 37.0 Å². The SMILES string of the molecule is O=C(CCc1ccc(S(=O)(=O)N2CCCCC2)cc1)Nc1cnc(-c2cccc(O)c2)nc1. The lowest BCUT2D eigenvalue weighted by atomic mass is 10.1. The molecule has 1 aromatic heterocycles. The molecule has 0 bridgehead atoms. The van der Waals surface area contributed by atoms with Crippen LogP contribution >= 0.6 is 0 Å². The van der Waals surface area contributed by atoms with Crippen LogP contribution in [0.1, 0.15) is 31.2 Å². The summed E-state index contributed by atoms with van der Waals surface area (Å²) in [6.07, 6.45) is 6.63. The molecule has 0 atom stereocenters. The summed E-state index contributed by atoms with van der Waals surface area (Å²) in [6, 6.07) is 13.4. The number of carbonyl (C=O) groups is 1. The van der Waals surface area contributed by atoms with E-state index in [4.69, 9.17) is 0 Å². The second-order valence-electron chi connectivity index (χ2n) is 8.00. The van der Waals surface area contributed by atoms with Crippen molar-refractivity contribution in [1.82, 2.24) is 14.3 Å². The topological polar surface area (TPSA) is 112 Å². The van der Waals surface area contributed by atoms with Gasteiger partial charge in [-0.3, -0.25) is 4.79 Å². The van der Waals surface area contributed by atoms with Gasteiger partial charge >= 0.3 is 0 Å². The van der Waals surface area contributed by atoms with Crippen LogP contribution in [0.5, 0.6) is 5.75 Å². The van der Waals surface area contributed by atoms with Gasteiger partial charge in [0.05, 0.1) is 23.0 Å². The van der Waals surface area contributed by atoms with Crippen molar-refractivity contribution in [3.63, 3.8) is 0 Å². The van der Waals surface area contributed by atoms with Crippen LogP contribution < -0.4 is 5.32 Å². The standard InChI is InChI=1S/C24H26N4O4S/c29-21-6-4-5-19(15-21)24-25-16-20(17-26-24)27-23(30)12-9-18-7-10-22(11-8-18)33(31,32)28-13-2-1-3-14-28/h4-8,10-11,15-17,29H,1-3,9,12-14H2,(H,27,30). The Morgan fingerprint density at radius 1 is 1.00 bits per heavy atom. The molecule has 0 saturated carbocycles. The van der Waals surface area contributed by atoms with Crippen LogP contribution in [-0.4, -0.2) is 46.8 Å². The van der Waals surface area contributed by atoms with Gasteiger partial charge in [0.1, 0.15) is 5.75 Å². The van der Waals surface area contributed by atoms with Gasteiger partial charge in [0.15, 0.2) is 5.82 Å². The largest absolute Gasteiger partial charge is 0.508 e. The highest BCUT2D eigenvalue weighted by Crippen LogP contribution is 2.22. The Bertz CT molecular complexity index is 1210. The molecular formula is C24H26N4O4S. The number of piperidine rings is 1. The first-order valence-corrected chi connectivity index (χ1v) is 12.4. The van der Waals surface area contributed by atoms with E-state index in [1.807, 2.05) is 0 Å². The van der Waals surface area contributed by atoms with Crippen molar-refractivity contribution in [3.8, 4) is 17.1 Å². The molecule has 2 N–H and O–H groups in total. The van der Waals surface area contributed by atoms with E-state index in [9.17, 15) is 18.3 Å². The molecular weight excluding hydrogens is 440 g/mol. The van der Waals surface area contributed by atoms with E-state index in [-0.39, 0.29) is 18.1 Å². The van der Waals surface area contributed by atoms with E-state index in [1.54, 1.807) is 52.8 Å². The normalized spacial score (nSPS) is 14.7. The van der Waals surface area contributed by atoms with Crippen LogP contribution in [0.3, 0.4) is 0 Å². The van der Waals surface area contributed by atoms with Gasteiger partial charge in [0, 0.05) is 25.1 Å². The Hall–Kier alpha value is -3.30. The predicted molar refractivity (Wildman–Crippen MR) is 125 cm³/mol. The lowest BCUT2D eigenvalue weighted by molar-refractivity contribution is -0.116. The molecule has 2 heterocycles. The summed E-state index contributed by atoms with van der Waals surface area (Å²) in [5.41, 5.74) is 2.05. The zero-order valence-electron chi connectivity index (χ0n) is 18.1. The summed E-state index contributed by atoms with van der Waals surface area (Å²) >= 11 is 0. The fraction of sp³-hybridized carbons (Fsp3) is 0.292. The number of phenols is 1. The summed E-state index contributed by atoms with van der Waals surface area (Å²) in [6.45, 7) is 1.14. The van der Waals surface area contributed by atoms with Crippen molar-refractivity contribution in [2.24, 2.45) is 0 Å². The van der Waals surface area contributed by atoms with E-state index in [0.29, 0.717) is 41.5 Å². The van der Waals surface area contributed by atoms with Crippen molar-refractivity contribution < 1.29 is 18.3 Å². The maximum atomic E-state index is 12.7. The number of phenolic OH excluding ortho intramolecular Hbond substituents is 1. The van der Waals surface area contributed by atoms with Gasteiger partial charge in [0.25, 0.3) is 0 Å². The number of nitrogens with zero attached hydrogens (tertiary/aromatic N) is 3. The summed E-state index contributed by atoms with van der Waals surface area (Å²) in [7, 11) is -3.45. The van der Waals surface area contributed by atoms with Gasteiger partial charge in [-0.05, 0) is 49.1 Å². The smallest absolute Gasteiger partial charge is 0.243 e. The molecule has 4 rings (SSSR count). The molecule has 0 unspecified atom stereocenters. The number of rotatable bonds is 7. The summed E-state index contributed by atoms with van der Waals surface area (Å²) < 4.78 is 27.0. The zero-order chi connectivity index (χ0) is 23.3. The van der Waals surface area contributed by atoms with Crippen LogP contribution in [0, 0.1) is 0 Å². The maximum Gasteiger partial charge on any atom is 0.243 e. The zero-order valence-corrected chi connectivity index (χ0v) is 19.0. The average molecular weight is 467 g/mol. The molecule has 33 heavy (non-hydrogen) atoms. The number of amides is 1. The highest BCUT2D eigenvalue weighted by Gasteiger charge is 2.25. The fourth-order valence-electron chi connectivity index (χ4n) is 3.75. The number of hydrogen-bond acceptors (Lipinski definition) is 6. The second kappa shape index (κ2) is 10.1. The first kappa shape index (κ1) is 22.9. The number of nitrogens with one attached hydrogen (secondary N) is 1. The molecule has 8 nitrogen and oxygen atoms in total. The Morgan fingerprint density at radius 3 is 2.36 bits per heavy atom. The summed E-state index contributed by atoms with van der Waals surface area (Å²) in [5.74, 6) is 0.392.